The van der Waals surface area contributed by atoms with Crippen LogP contribution in [0.25, 0.3) is 0 Å². The Bertz CT molecular complexity index is 211. The standard InChI is InChI=1S/C11H23N2O/c1-10(2,3)8-7-12-9(13(8)14)11(4,5)6/h8-9,12H,7H2,1-6H3/q+1. The van der Waals surface area contributed by atoms with Gasteiger partial charge in [0.05, 0.1) is 6.54 Å². The first-order valence-electron chi connectivity index (χ1n) is 5.33. The number of nitrogens with one attached hydrogen (secondary N) is 1. The van der Waals surface area contributed by atoms with Gasteiger partial charge in [-0.2, -0.15) is 0 Å². The predicted molar refractivity (Wildman–Crippen MR) is 58.1 cm³/mol. The summed E-state index contributed by atoms with van der Waals surface area (Å²) in [6.07, 6.45) is -0.0493. The van der Waals surface area contributed by atoms with Gasteiger partial charge < -0.3 is 0 Å². The van der Waals surface area contributed by atoms with Gasteiger partial charge in [-0.3, -0.25) is 0 Å². The van der Waals surface area contributed by atoms with E-state index >= 15 is 0 Å². The fraction of sp³-hybridized carbons (Fsp3) is 1.00. The maximum Gasteiger partial charge on any atom is 0.260 e. The highest BCUT2D eigenvalue weighted by Crippen LogP contribution is 2.31. The Morgan fingerprint density at radius 2 is 1.57 bits per heavy atom. The molecule has 0 radical (unpaired) electrons. The van der Waals surface area contributed by atoms with Crippen molar-refractivity contribution in [3.05, 3.63) is 4.91 Å². The highest BCUT2D eigenvalue weighted by Gasteiger charge is 2.52. The zero-order chi connectivity index (χ0) is 11.1. The van der Waals surface area contributed by atoms with Gasteiger partial charge in [0, 0.05) is 20.5 Å². The summed E-state index contributed by atoms with van der Waals surface area (Å²) in [5.41, 5.74) is 0.0521. The van der Waals surface area contributed by atoms with Crippen LogP contribution in [0.2, 0.25) is 0 Å². The molecule has 1 aliphatic rings. The van der Waals surface area contributed by atoms with Crippen molar-refractivity contribution in [2.45, 2.75) is 53.8 Å². The van der Waals surface area contributed by atoms with Gasteiger partial charge >= 0.3 is 0 Å². The summed E-state index contributed by atoms with van der Waals surface area (Å²) < 4.78 is 1.25. The van der Waals surface area contributed by atoms with Crippen LogP contribution >= 0.6 is 0 Å². The Labute approximate surface area is 86.8 Å². The van der Waals surface area contributed by atoms with Crippen molar-refractivity contribution < 1.29 is 4.76 Å². The molecule has 14 heavy (non-hydrogen) atoms. The average molecular weight is 199 g/mol. The Kier molecular flexibility index (Phi) is 2.74. The van der Waals surface area contributed by atoms with Crippen molar-refractivity contribution in [3.63, 3.8) is 0 Å². The highest BCUT2D eigenvalue weighted by atomic mass is 16.3. The minimum absolute atomic E-state index is 0.00174. The quantitative estimate of drug-likeness (QED) is 0.606. The number of nitrogens with zero attached hydrogens (tertiary/aromatic N) is 1. The first-order chi connectivity index (χ1) is 6.14. The van der Waals surface area contributed by atoms with Gasteiger partial charge in [-0.05, 0) is 0 Å². The van der Waals surface area contributed by atoms with E-state index < -0.39 is 0 Å². The summed E-state index contributed by atoms with van der Waals surface area (Å²) in [4.78, 5) is 12.1. The topological polar surface area (TPSA) is 32.1 Å². The van der Waals surface area contributed by atoms with Crippen LogP contribution in [0, 0.1) is 15.7 Å². The number of rotatable bonds is 0. The molecule has 0 aromatic heterocycles. The lowest BCUT2D eigenvalue weighted by molar-refractivity contribution is -0.624. The lowest BCUT2D eigenvalue weighted by Gasteiger charge is -2.22. The first-order valence-corrected chi connectivity index (χ1v) is 5.33. The Hall–Kier alpha value is -0.440. The maximum absolute atomic E-state index is 12.1. The fourth-order valence-electron chi connectivity index (χ4n) is 1.96. The summed E-state index contributed by atoms with van der Waals surface area (Å²) in [5, 5.41) is 3.32. The number of hydrogen-bond donors (Lipinski definition) is 1. The van der Waals surface area contributed by atoms with Crippen LogP contribution in [0.3, 0.4) is 0 Å². The molecule has 0 aromatic rings. The van der Waals surface area contributed by atoms with Crippen molar-refractivity contribution in [1.29, 1.82) is 0 Å². The van der Waals surface area contributed by atoms with E-state index in [9.17, 15) is 4.91 Å². The summed E-state index contributed by atoms with van der Waals surface area (Å²) in [7, 11) is 0. The number of hydrogen-bond acceptors (Lipinski definition) is 2. The van der Waals surface area contributed by atoms with Crippen LogP contribution in [-0.4, -0.2) is 23.5 Å². The minimum Gasteiger partial charge on any atom is -0.248 e. The second kappa shape index (κ2) is 3.30. The van der Waals surface area contributed by atoms with Gasteiger partial charge in [0.15, 0.2) is 0 Å². The average Bonchev–Trinajstić information content (AvgIpc) is 2.26. The van der Waals surface area contributed by atoms with Gasteiger partial charge in [-0.1, -0.05) is 41.5 Å². The van der Waals surface area contributed by atoms with Crippen molar-refractivity contribution in [3.8, 4) is 0 Å². The summed E-state index contributed by atoms with van der Waals surface area (Å²) in [5.74, 6) is 0. The van der Waals surface area contributed by atoms with E-state index in [0.29, 0.717) is 0 Å². The van der Waals surface area contributed by atoms with E-state index in [4.69, 9.17) is 0 Å². The molecular weight excluding hydrogens is 176 g/mol. The molecule has 2 atom stereocenters. The van der Waals surface area contributed by atoms with E-state index in [1.165, 1.54) is 4.76 Å². The zero-order valence-corrected chi connectivity index (χ0v) is 10.2. The first kappa shape index (κ1) is 11.6. The van der Waals surface area contributed by atoms with Crippen molar-refractivity contribution in [1.82, 2.24) is 5.32 Å². The van der Waals surface area contributed by atoms with E-state index in [-0.39, 0.29) is 23.0 Å². The molecule has 1 N–H and O–H groups in total. The smallest absolute Gasteiger partial charge is 0.248 e. The Balaban J connectivity index is 2.80. The van der Waals surface area contributed by atoms with Crippen molar-refractivity contribution in [2.75, 3.05) is 6.54 Å². The van der Waals surface area contributed by atoms with E-state index in [2.05, 4.69) is 46.9 Å². The molecule has 3 heteroatoms. The highest BCUT2D eigenvalue weighted by molar-refractivity contribution is 4.85. The van der Waals surface area contributed by atoms with Crippen LogP contribution in [0.1, 0.15) is 41.5 Å². The van der Waals surface area contributed by atoms with Crippen LogP contribution in [0.15, 0.2) is 0 Å². The third-order valence-electron chi connectivity index (χ3n) is 2.89. The lowest BCUT2D eigenvalue weighted by atomic mass is 9.86. The van der Waals surface area contributed by atoms with E-state index in [1.807, 2.05) is 0 Å². The van der Waals surface area contributed by atoms with Gasteiger partial charge in [0.25, 0.3) is 6.17 Å². The molecule has 0 aromatic carbocycles. The molecule has 0 bridgehead atoms. The Morgan fingerprint density at radius 1 is 1.07 bits per heavy atom. The molecule has 1 saturated heterocycles. The largest absolute Gasteiger partial charge is 0.260 e. The SMILES string of the molecule is CC(C)(C)C1CNC(C(C)(C)C)[N+]1=O. The molecule has 0 amide bonds. The molecule has 1 aliphatic heterocycles. The fourth-order valence-corrected chi connectivity index (χ4v) is 1.96. The molecule has 3 nitrogen and oxygen atoms in total. The second-order valence-electron chi connectivity index (χ2n) is 6.42. The van der Waals surface area contributed by atoms with E-state index in [1.54, 1.807) is 0 Å². The lowest BCUT2D eigenvalue weighted by Crippen LogP contribution is -2.43. The van der Waals surface area contributed by atoms with Gasteiger partial charge in [0.2, 0.25) is 6.04 Å². The minimum atomic E-state index is -0.0493. The molecular formula is C11H23N2O+. The van der Waals surface area contributed by atoms with Crippen molar-refractivity contribution >= 4 is 0 Å². The van der Waals surface area contributed by atoms with Crippen molar-refractivity contribution in [2.24, 2.45) is 10.8 Å². The Morgan fingerprint density at radius 3 is 1.79 bits per heavy atom. The van der Waals surface area contributed by atoms with Crippen LogP contribution < -0.4 is 5.32 Å². The van der Waals surface area contributed by atoms with Crippen LogP contribution in [0.4, 0.5) is 0 Å². The number of nitroso groups, excluding NO2 is 1. The molecule has 82 valence electrons. The maximum atomic E-state index is 12.1. The normalized spacial score (nSPS) is 29.7. The summed E-state index contributed by atoms with van der Waals surface area (Å²) in [6.45, 7) is 13.5. The molecule has 0 saturated carbocycles. The summed E-state index contributed by atoms with van der Waals surface area (Å²) in [6, 6.07) is 0.0896. The van der Waals surface area contributed by atoms with Gasteiger partial charge in [-0.15, -0.1) is 0 Å². The van der Waals surface area contributed by atoms with E-state index in [0.717, 1.165) is 6.54 Å². The van der Waals surface area contributed by atoms with Crippen LogP contribution in [0.5, 0.6) is 0 Å². The third-order valence-corrected chi connectivity index (χ3v) is 2.89. The molecule has 1 fully saturated rings. The zero-order valence-electron chi connectivity index (χ0n) is 10.2. The third kappa shape index (κ3) is 2.14. The van der Waals surface area contributed by atoms with Gasteiger partial charge in [0.1, 0.15) is 0 Å². The molecule has 1 heterocycles. The predicted octanol–water partition coefficient (Wildman–Crippen LogP) is 2.16. The van der Waals surface area contributed by atoms with Crippen LogP contribution in [-0.2, 0) is 0 Å². The molecule has 0 spiro atoms. The molecule has 0 aliphatic carbocycles. The van der Waals surface area contributed by atoms with Gasteiger partial charge in [-0.25, -0.2) is 5.32 Å². The molecule has 1 rings (SSSR count). The second-order valence-corrected chi connectivity index (χ2v) is 6.42. The monoisotopic (exact) mass is 199 g/mol. The molecule has 2 unspecified atom stereocenters. The summed E-state index contributed by atoms with van der Waals surface area (Å²) >= 11 is 0.